The minimum atomic E-state index is -1.45. The fraction of sp³-hybridized carbons (Fsp3) is 0.727. The number of carbonyl (C=O) groups is 1. The van der Waals surface area contributed by atoms with Gasteiger partial charge in [-0.1, -0.05) is 6.58 Å². The molecule has 0 bridgehead atoms. The third kappa shape index (κ3) is 8.64. The van der Waals surface area contributed by atoms with E-state index in [9.17, 15) is 4.79 Å². The zero-order valence-electron chi connectivity index (χ0n) is 10.5. The average Bonchev–Trinajstić information content (AvgIpc) is 2.27. The van der Waals surface area contributed by atoms with Crippen LogP contribution in [0.3, 0.4) is 0 Å². The van der Waals surface area contributed by atoms with Crippen LogP contribution >= 0.6 is 0 Å². The quantitative estimate of drug-likeness (QED) is 0.270. The monoisotopic (exact) mass is 246 g/mol. The average molecular weight is 246 g/mol. The molecule has 0 saturated heterocycles. The molecule has 0 spiro atoms. The standard InChI is InChI=1S/C11H22O4Si/c1-5-11(12)15-9-8-14-7-6-10-16(3,4)13-2/h5H,1,6-10H2,2-4H3. The maximum Gasteiger partial charge on any atom is 0.330 e. The van der Waals surface area contributed by atoms with Crippen molar-refractivity contribution in [1.29, 1.82) is 0 Å². The van der Waals surface area contributed by atoms with E-state index in [-0.39, 0.29) is 6.61 Å². The zero-order chi connectivity index (χ0) is 12.4. The molecule has 0 rings (SSSR count). The number of esters is 1. The van der Waals surface area contributed by atoms with Crippen molar-refractivity contribution in [3.63, 3.8) is 0 Å². The van der Waals surface area contributed by atoms with Crippen molar-refractivity contribution in [1.82, 2.24) is 0 Å². The molecule has 0 aliphatic heterocycles. The van der Waals surface area contributed by atoms with Gasteiger partial charge in [-0.3, -0.25) is 0 Å². The Hall–Kier alpha value is -0.653. The van der Waals surface area contributed by atoms with Gasteiger partial charge < -0.3 is 13.9 Å². The van der Waals surface area contributed by atoms with Crippen molar-refractivity contribution < 1.29 is 18.7 Å². The molecule has 5 heteroatoms. The third-order valence-electron chi connectivity index (χ3n) is 2.26. The van der Waals surface area contributed by atoms with Crippen LogP contribution in [-0.2, 0) is 18.7 Å². The number of hydrogen-bond donors (Lipinski definition) is 0. The van der Waals surface area contributed by atoms with Crippen LogP contribution < -0.4 is 0 Å². The topological polar surface area (TPSA) is 44.8 Å². The lowest BCUT2D eigenvalue weighted by atomic mass is 10.5. The first-order valence-electron chi connectivity index (χ1n) is 5.44. The summed E-state index contributed by atoms with van der Waals surface area (Å²) < 4.78 is 15.5. The Morgan fingerprint density at radius 3 is 2.56 bits per heavy atom. The summed E-state index contributed by atoms with van der Waals surface area (Å²) in [6.07, 6.45) is 2.13. The number of ether oxygens (including phenoxy) is 2. The SMILES string of the molecule is C=CC(=O)OCCOCCC[Si](C)(C)OC. The summed E-state index contributed by atoms with van der Waals surface area (Å²) in [6.45, 7) is 9.07. The molecule has 0 amide bonds. The van der Waals surface area contributed by atoms with Gasteiger partial charge in [-0.2, -0.15) is 0 Å². The highest BCUT2D eigenvalue weighted by Gasteiger charge is 2.19. The summed E-state index contributed by atoms with van der Waals surface area (Å²) in [5.74, 6) is -0.406. The first kappa shape index (κ1) is 15.3. The predicted molar refractivity (Wildman–Crippen MR) is 65.9 cm³/mol. The van der Waals surface area contributed by atoms with Gasteiger partial charge in [-0.05, 0) is 25.6 Å². The van der Waals surface area contributed by atoms with E-state index in [1.807, 2.05) is 0 Å². The van der Waals surface area contributed by atoms with Gasteiger partial charge in [0, 0.05) is 19.8 Å². The Morgan fingerprint density at radius 1 is 1.31 bits per heavy atom. The van der Waals surface area contributed by atoms with E-state index < -0.39 is 14.3 Å². The van der Waals surface area contributed by atoms with Crippen LogP contribution in [0.2, 0.25) is 19.1 Å². The van der Waals surface area contributed by atoms with E-state index >= 15 is 0 Å². The molecular weight excluding hydrogens is 224 g/mol. The van der Waals surface area contributed by atoms with Gasteiger partial charge in [0.15, 0.2) is 8.32 Å². The first-order valence-corrected chi connectivity index (χ1v) is 8.55. The maximum absolute atomic E-state index is 10.7. The van der Waals surface area contributed by atoms with E-state index in [0.29, 0.717) is 13.2 Å². The Bertz CT molecular complexity index is 216. The summed E-state index contributed by atoms with van der Waals surface area (Å²) in [6, 6.07) is 1.08. The van der Waals surface area contributed by atoms with Crippen molar-refractivity contribution in [3.05, 3.63) is 12.7 Å². The van der Waals surface area contributed by atoms with E-state index in [2.05, 4.69) is 19.7 Å². The molecule has 0 saturated carbocycles. The summed E-state index contributed by atoms with van der Waals surface area (Å²) in [7, 11) is 0.318. The molecule has 0 N–H and O–H groups in total. The largest absolute Gasteiger partial charge is 0.460 e. The van der Waals surface area contributed by atoms with Crippen LogP contribution in [0.1, 0.15) is 6.42 Å². The van der Waals surface area contributed by atoms with Crippen LogP contribution in [0, 0.1) is 0 Å². The van der Waals surface area contributed by atoms with E-state index in [0.717, 1.165) is 18.5 Å². The second kappa shape index (κ2) is 8.49. The molecule has 0 aromatic rings. The molecular formula is C11H22O4Si. The maximum atomic E-state index is 10.7. The van der Waals surface area contributed by atoms with Crippen molar-refractivity contribution in [3.8, 4) is 0 Å². The number of rotatable bonds is 9. The Morgan fingerprint density at radius 2 is 2.00 bits per heavy atom. The van der Waals surface area contributed by atoms with Gasteiger partial charge in [-0.15, -0.1) is 0 Å². The molecule has 0 aromatic heterocycles. The Kier molecular flexibility index (Phi) is 8.15. The smallest absolute Gasteiger partial charge is 0.330 e. The van der Waals surface area contributed by atoms with Crippen LogP contribution in [0.5, 0.6) is 0 Å². The molecule has 0 aromatic carbocycles. The Balaban J connectivity index is 3.28. The van der Waals surface area contributed by atoms with E-state index in [1.54, 1.807) is 7.11 Å². The molecule has 4 nitrogen and oxygen atoms in total. The van der Waals surface area contributed by atoms with Crippen LogP contribution in [0.25, 0.3) is 0 Å². The van der Waals surface area contributed by atoms with Crippen molar-refractivity contribution >= 4 is 14.3 Å². The van der Waals surface area contributed by atoms with Gasteiger partial charge in [0.2, 0.25) is 0 Å². The fourth-order valence-electron chi connectivity index (χ4n) is 1.06. The molecule has 0 atom stereocenters. The summed E-state index contributed by atoms with van der Waals surface area (Å²) in [5.41, 5.74) is 0. The van der Waals surface area contributed by atoms with Gasteiger partial charge in [-0.25, -0.2) is 4.79 Å². The van der Waals surface area contributed by atoms with Crippen molar-refractivity contribution in [2.75, 3.05) is 26.9 Å². The molecule has 16 heavy (non-hydrogen) atoms. The normalized spacial score (nSPS) is 11.2. The minimum Gasteiger partial charge on any atom is -0.460 e. The van der Waals surface area contributed by atoms with Crippen LogP contribution in [0.4, 0.5) is 0 Å². The van der Waals surface area contributed by atoms with Crippen molar-refractivity contribution in [2.45, 2.75) is 25.6 Å². The number of carbonyl (C=O) groups excluding carboxylic acids is 1. The van der Waals surface area contributed by atoms with Gasteiger partial charge >= 0.3 is 5.97 Å². The first-order chi connectivity index (χ1) is 7.52. The summed E-state index contributed by atoms with van der Waals surface area (Å²) in [5, 5.41) is 0. The Labute approximate surface area is 98.7 Å². The highest BCUT2D eigenvalue weighted by molar-refractivity contribution is 6.71. The molecule has 0 heterocycles. The summed E-state index contributed by atoms with van der Waals surface area (Å²) in [4.78, 5) is 10.7. The third-order valence-corrected chi connectivity index (χ3v) is 4.92. The molecule has 94 valence electrons. The minimum absolute atomic E-state index is 0.288. The molecule has 0 radical (unpaired) electrons. The van der Waals surface area contributed by atoms with Crippen LogP contribution in [0.15, 0.2) is 12.7 Å². The second-order valence-electron chi connectivity index (χ2n) is 4.05. The highest BCUT2D eigenvalue weighted by atomic mass is 28.4. The highest BCUT2D eigenvalue weighted by Crippen LogP contribution is 2.11. The fourth-order valence-corrected chi connectivity index (χ4v) is 2.26. The molecule has 0 aliphatic carbocycles. The van der Waals surface area contributed by atoms with Gasteiger partial charge in [0.25, 0.3) is 0 Å². The van der Waals surface area contributed by atoms with Crippen LogP contribution in [-0.4, -0.2) is 41.2 Å². The zero-order valence-corrected chi connectivity index (χ0v) is 11.5. The van der Waals surface area contributed by atoms with Crippen molar-refractivity contribution in [2.24, 2.45) is 0 Å². The lowest BCUT2D eigenvalue weighted by Crippen LogP contribution is -2.28. The van der Waals surface area contributed by atoms with E-state index in [4.69, 9.17) is 13.9 Å². The van der Waals surface area contributed by atoms with Gasteiger partial charge in [0.1, 0.15) is 6.61 Å². The molecule has 0 unspecified atom stereocenters. The molecule has 0 aliphatic rings. The lowest BCUT2D eigenvalue weighted by Gasteiger charge is -2.19. The molecule has 0 fully saturated rings. The lowest BCUT2D eigenvalue weighted by molar-refractivity contribution is -0.139. The second-order valence-corrected chi connectivity index (χ2v) is 8.48. The predicted octanol–water partition coefficient (Wildman–Crippen LogP) is 1.97. The number of hydrogen-bond acceptors (Lipinski definition) is 4. The summed E-state index contributed by atoms with van der Waals surface area (Å²) >= 11 is 0. The van der Waals surface area contributed by atoms with Gasteiger partial charge in [0.05, 0.1) is 6.61 Å². The van der Waals surface area contributed by atoms with E-state index in [1.165, 1.54) is 0 Å².